The van der Waals surface area contributed by atoms with E-state index in [0.29, 0.717) is 19.3 Å². The SMILES string of the molecule is CCC/C=C\C/C=C\CCCCCCCC(=O)OC(COC(=O)CCCCCCC/C=C\C/C=C\CCCCCC)COC(=O)CCCCCCCCC. The third-order valence-electron chi connectivity index (χ3n) is 9.54. The first kappa shape index (κ1) is 51.4. The van der Waals surface area contributed by atoms with Gasteiger partial charge < -0.3 is 14.2 Å². The fraction of sp³-hybridized carbons (Fsp3) is 0.771. The highest BCUT2D eigenvalue weighted by molar-refractivity contribution is 5.71. The van der Waals surface area contributed by atoms with Gasteiger partial charge in [-0.05, 0) is 77.0 Å². The van der Waals surface area contributed by atoms with E-state index < -0.39 is 6.10 Å². The fourth-order valence-corrected chi connectivity index (χ4v) is 6.10. The second-order valence-electron chi connectivity index (χ2n) is 15.0. The molecule has 1 atom stereocenters. The molecule has 0 saturated carbocycles. The van der Waals surface area contributed by atoms with Crippen LogP contribution in [0.5, 0.6) is 0 Å². The molecule has 0 bridgehead atoms. The van der Waals surface area contributed by atoms with Crippen LogP contribution >= 0.6 is 0 Å². The summed E-state index contributed by atoms with van der Waals surface area (Å²) in [5.74, 6) is -0.920. The Morgan fingerprint density at radius 2 is 0.704 bits per heavy atom. The van der Waals surface area contributed by atoms with Crippen LogP contribution in [0.25, 0.3) is 0 Å². The number of hydrogen-bond donors (Lipinski definition) is 0. The van der Waals surface area contributed by atoms with Crippen LogP contribution in [0.4, 0.5) is 0 Å². The molecule has 0 aromatic heterocycles. The zero-order chi connectivity index (χ0) is 39.4. The molecule has 0 aromatic carbocycles. The Bertz CT molecular complexity index is 964. The number of carbonyl (C=O) groups is 3. The van der Waals surface area contributed by atoms with Crippen LogP contribution in [0.3, 0.4) is 0 Å². The molecule has 0 aliphatic heterocycles. The molecule has 1 unspecified atom stereocenters. The minimum Gasteiger partial charge on any atom is -0.462 e. The van der Waals surface area contributed by atoms with E-state index in [4.69, 9.17) is 14.2 Å². The normalized spacial score (nSPS) is 12.4. The molecule has 0 fully saturated rings. The Hall–Kier alpha value is -2.63. The summed E-state index contributed by atoms with van der Waals surface area (Å²) in [4.78, 5) is 37.6. The first-order chi connectivity index (χ1) is 26.5. The molecule has 0 saturated heterocycles. The standard InChI is InChI=1S/C48H84O6/c1-4-7-10-13-16-18-20-22-23-24-26-27-29-32-35-38-41-47(50)53-44-45(43-52-46(49)40-37-34-31-15-12-9-6-3)54-48(51)42-39-36-33-30-28-25-21-19-17-14-11-8-5-2/h11,14,18-21,23-24,45H,4-10,12-13,15-17,22,25-44H2,1-3H3/b14-11-,20-18-,21-19-,24-23-. The fourth-order valence-electron chi connectivity index (χ4n) is 6.10. The first-order valence-electron chi connectivity index (χ1n) is 22.6. The summed E-state index contributed by atoms with van der Waals surface area (Å²) in [6.45, 7) is 6.48. The Labute approximate surface area is 333 Å². The molecule has 0 rings (SSSR count). The van der Waals surface area contributed by atoms with Crippen molar-refractivity contribution in [2.45, 2.75) is 226 Å². The van der Waals surface area contributed by atoms with E-state index in [9.17, 15) is 14.4 Å². The molecular formula is C48H84O6. The van der Waals surface area contributed by atoms with E-state index in [2.05, 4.69) is 69.4 Å². The molecule has 0 aromatic rings. The first-order valence-corrected chi connectivity index (χ1v) is 22.6. The van der Waals surface area contributed by atoms with Gasteiger partial charge in [0.1, 0.15) is 13.2 Å². The number of allylic oxidation sites excluding steroid dienone is 8. The van der Waals surface area contributed by atoms with Gasteiger partial charge in [-0.15, -0.1) is 0 Å². The monoisotopic (exact) mass is 757 g/mol. The predicted molar refractivity (Wildman–Crippen MR) is 229 cm³/mol. The van der Waals surface area contributed by atoms with Crippen molar-refractivity contribution in [1.29, 1.82) is 0 Å². The third kappa shape index (κ3) is 40.6. The van der Waals surface area contributed by atoms with Crippen molar-refractivity contribution >= 4 is 17.9 Å². The average Bonchev–Trinajstić information content (AvgIpc) is 3.17. The number of rotatable bonds is 40. The summed E-state index contributed by atoms with van der Waals surface area (Å²) in [7, 11) is 0. The van der Waals surface area contributed by atoms with Gasteiger partial charge in [-0.1, -0.05) is 172 Å². The van der Waals surface area contributed by atoms with Crippen LogP contribution in [0.15, 0.2) is 48.6 Å². The van der Waals surface area contributed by atoms with Crippen LogP contribution in [0.2, 0.25) is 0 Å². The quantitative estimate of drug-likeness (QED) is 0.0268. The molecule has 0 heterocycles. The number of ether oxygens (including phenoxy) is 3. The number of carbonyl (C=O) groups excluding carboxylic acids is 3. The van der Waals surface area contributed by atoms with Crippen molar-refractivity contribution in [1.82, 2.24) is 0 Å². The second-order valence-corrected chi connectivity index (χ2v) is 15.0. The molecule has 6 nitrogen and oxygen atoms in total. The van der Waals surface area contributed by atoms with E-state index in [-0.39, 0.29) is 31.1 Å². The predicted octanol–water partition coefficient (Wildman–Crippen LogP) is 14.4. The van der Waals surface area contributed by atoms with Crippen LogP contribution in [0, 0.1) is 0 Å². The van der Waals surface area contributed by atoms with Gasteiger partial charge in [0.05, 0.1) is 0 Å². The van der Waals surface area contributed by atoms with Gasteiger partial charge in [0.25, 0.3) is 0 Å². The molecule has 0 radical (unpaired) electrons. The molecule has 312 valence electrons. The number of unbranched alkanes of at least 4 members (excludes halogenated alkanes) is 21. The summed E-state index contributed by atoms with van der Waals surface area (Å²) >= 11 is 0. The van der Waals surface area contributed by atoms with Gasteiger partial charge >= 0.3 is 17.9 Å². The Morgan fingerprint density at radius 1 is 0.370 bits per heavy atom. The van der Waals surface area contributed by atoms with Crippen molar-refractivity contribution < 1.29 is 28.6 Å². The van der Waals surface area contributed by atoms with Crippen molar-refractivity contribution in [3.05, 3.63) is 48.6 Å². The van der Waals surface area contributed by atoms with Crippen molar-refractivity contribution in [2.75, 3.05) is 13.2 Å². The molecule has 0 aliphatic carbocycles. The second kappa shape index (κ2) is 43.1. The topological polar surface area (TPSA) is 78.9 Å². The maximum absolute atomic E-state index is 12.7. The zero-order valence-electron chi connectivity index (χ0n) is 35.5. The highest BCUT2D eigenvalue weighted by Gasteiger charge is 2.19. The number of hydrogen-bond acceptors (Lipinski definition) is 6. The Balaban J connectivity index is 4.35. The third-order valence-corrected chi connectivity index (χ3v) is 9.54. The smallest absolute Gasteiger partial charge is 0.306 e. The maximum atomic E-state index is 12.7. The Morgan fingerprint density at radius 3 is 1.11 bits per heavy atom. The van der Waals surface area contributed by atoms with E-state index in [1.54, 1.807) is 0 Å². The maximum Gasteiger partial charge on any atom is 0.306 e. The highest BCUT2D eigenvalue weighted by atomic mass is 16.6. The summed E-state index contributed by atoms with van der Waals surface area (Å²) in [6, 6.07) is 0. The van der Waals surface area contributed by atoms with Gasteiger partial charge in [-0.3, -0.25) is 14.4 Å². The molecule has 0 N–H and O–H groups in total. The van der Waals surface area contributed by atoms with Gasteiger partial charge in [-0.2, -0.15) is 0 Å². The molecule has 6 heteroatoms. The molecule has 0 aliphatic rings. The van der Waals surface area contributed by atoms with Crippen molar-refractivity contribution in [3.63, 3.8) is 0 Å². The van der Waals surface area contributed by atoms with E-state index in [1.807, 2.05) is 0 Å². The number of esters is 3. The lowest BCUT2D eigenvalue weighted by Gasteiger charge is -2.18. The van der Waals surface area contributed by atoms with Gasteiger partial charge in [0.2, 0.25) is 0 Å². The van der Waals surface area contributed by atoms with E-state index in [1.165, 1.54) is 70.6 Å². The largest absolute Gasteiger partial charge is 0.462 e. The van der Waals surface area contributed by atoms with Crippen molar-refractivity contribution in [3.8, 4) is 0 Å². The highest BCUT2D eigenvalue weighted by Crippen LogP contribution is 2.13. The molecule has 54 heavy (non-hydrogen) atoms. The van der Waals surface area contributed by atoms with Crippen LogP contribution in [0.1, 0.15) is 220 Å². The van der Waals surface area contributed by atoms with E-state index >= 15 is 0 Å². The summed E-state index contributed by atoms with van der Waals surface area (Å²) in [6.07, 6.45) is 49.6. The van der Waals surface area contributed by atoms with Crippen molar-refractivity contribution in [2.24, 2.45) is 0 Å². The minimum atomic E-state index is -0.780. The zero-order valence-corrected chi connectivity index (χ0v) is 35.5. The summed E-state index contributed by atoms with van der Waals surface area (Å²) < 4.78 is 16.6. The van der Waals surface area contributed by atoms with E-state index in [0.717, 1.165) is 109 Å². The van der Waals surface area contributed by atoms with Gasteiger partial charge in [-0.25, -0.2) is 0 Å². The summed E-state index contributed by atoms with van der Waals surface area (Å²) in [5, 5.41) is 0. The molecule has 0 amide bonds. The van der Waals surface area contributed by atoms with Gasteiger partial charge in [0.15, 0.2) is 6.10 Å². The minimum absolute atomic E-state index is 0.0833. The van der Waals surface area contributed by atoms with Crippen LogP contribution in [-0.4, -0.2) is 37.2 Å². The Kier molecular flexibility index (Phi) is 41.0. The molecular weight excluding hydrogens is 673 g/mol. The van der Waals surface area contributed by atoms with Gasteiger partial charge in [0, 0.05) is 19.3 Å². The molecule has 0 spiro atoms. The van der Waals surface area contributed by atoms with Crippen LogP contribution < -0.4 is 0 Å². The lowest BCUT2D eigenvalue weighted by Crippen LogP contribution is -2.30. The lowest BCUT2D eigenvalue weighted by atomic mass is 10.1. The average molecular weight is 757 g/mol. The summed E-state index contributed by atoms with van der Waals surface area (Å²) in [5.41, 5.74) is 0. The lowest BCUT2D eigenvalue weighted by molar-refractivity contribution is -0.167. The van der Waals surface area contributed by atoms with Crippen LogP contribution in [-0.2, 0) is 28.6 Å².